The highest BCUT2D eigenvalue weighted by molar-refractivity contribution is 8.76. The first-order chi connectivity index (χ1) is 9.61. The van der Waals surface area contributed by atoms with Gasteiger partial charge in [0, 0.05) is 39.9 Å². The quantitative estimate of drug-likeness (QED) is 0.206. The van der Waals surface area contributed by atoms with Crippen LogP contribution in [0.1, 0.15) is 12.8 Å². The molecule has 0 aliphatic heterocycles. The average Bonchev–Trinajstić information content (AvgIpc) is 2.49. The summed E-state index contributed by atoms with van der Waals surface area (Å²) in [5, 5.41) is 0. The van der Waals surface area contributed by atoms with Crippen molar-refractivity contribution in [1.29, 1.82) is 0 Å². The summed E-state index contributed by atoms with van der Waals surface area (Å²) in [7, 11) is 8.83. The van der Waals surface area contributed by atoms with Crippen LogP contribution in [0.25, 0.3) is 0 Å². The van der Waals surface area contributed by atoms with Crippen molar-refractivity contribution in [2.24, 2.45) is 0 Å². The van der Waals surface area contributed by atoms with Crippen molar-refractivity contribution < 1.29 is 18.3 Å². The molecule has 0 atom stereocenters. The van der Waals surface area contributed by atoms with Crippen molar-refractivity contribution in [2.45, 2.75) is 37.4 Å². The molecule has 0 radical (unpaired) electrons. The normalized spacial score (nSPS) is 12.9. The molecule has 4 nitrogen and oxygen atoms in total. The van der Waals surface area contributed by atoms with Gasteiger partial charge in [-0.15, -0.1) is 0 Å². The van der Waals surface area contributed by atoms with Crippen molar-refractivity contribution in [2.75, 3.05) is 39.9 Å². The Kier molecular flexibility index (Phi) is 14.3. The largest absolute Gasteiger partial charge is 0.398 e. The van der Waals surface area contributed by atoms with E-state index < -0.39 is 8.56 Å². The van der Waals surface area contributed by atoms with Crippen molar-refractivity contribution in [3.8, 4) is 0 Å². The van der Waals surface area contributed by atoms with Gasteiger partial charge in [0.05, 0.1) is 9.52 Å². The molecule has 20 heavy (non-hydrogen) atoms. The first-order valence-electron chi connectivity index (χ1n) is 7.02. The lowest BCUT2D eigenvalue weighted by atomic mass is 10.6. The SMILES string of the molecule is COC(OC)[SiH2]CCCSSCCC[Si](C)(OC)OC. The van der Waals surface area contributed by atoms with Crippen LogP contribution in [-0.2, 0) is 18.3 Å². The maximum Gasteiger partial charge on any atom is 0.334 e. The predicted octanol–water partition coefficient (Wildman–Crippen LogP) is 2.68. The molecule has 0 aromatic carbocycles. The lowest BCUT2D eigenvalue weighted by Crippen LogP contribution is -2.35. The molecule has 0 aromatic heterocycles. The fourth-order valence-electron chi connectivity index (χ4n) is 1.66. The second kappa shape index (κ2) is 13.6. The van der Waals surface area contributed by atoms with Gasteiger partial charge in [0.25, 0.3) is 0 Å². The second-order valence-electron chi connectivity index (χ2n) is 4.69. The Morgan fingerprint density at radius 1 is 0.950 bits per heavy atom. The van der Waals surface area contributed by atoms with Gasteiger partial charge in [0.15, 0.2) is 0 Å². The molecule has 122 valence electrons. The summed E-state index contributed by atoms with van der Waals surface area (Å²) in [5.74, 6) is 2.50. The van der Waals surface area contributed by atoms with Crippen molar-refractivity contribution in [3.05, 3.63) is 0 Å². The van der Waals surface area contributed by atoms with Gasteiger partial charge in [-0.1, -0.05) is 27.6 Å². The molecule has 0 rings (SSSR count). The van der Waals surface area contributed by atoms with Gasteiger partial charge < -0.3 is 18.3 Å². The van der Waals surface area contributed by atoms with Gasteiger partial charge >= 0.3 is 8.56 Å². The molecule has 0 saturated carbocycles. The number of rotatable bonds is 14. The minimum Gasteiger partial charge on any atom is -0.398 e. The van der Waals surface area contributed by atoms with Crippen LogP contribution < -0.4 is 0 Å². The highest BCUT2D eigenvalue weighted by Crippen LogP contribution is 2.25. The summed E-state index contributed by atoms with van der Waals surface area (Å²) in [4.78, 5) is 0. The maximum atomic E-state index is 5.47. The van der Waals surface area contributed by atoms with Gasteiger partial charge in [0.1, 0.15) is 5.91 Å². The Morgan fingerprint density at radius 3 is 2.00 bits per heavy atom. The Balaban J connectivity index is 3.33. The van der Waals surface area contributed by atoms with Crippen LogP contribution in [0.5, 0.6) is 0 Å². The molecule has 0 amide bonds. The standard InChI is InChI=1S/C12H30O4S2Si2/c1-13-12(14-2)19-10-6-8-17-18-9-7-11-20(5,15-3)16-4/h12H,6-11,19H2,1-5H3. The molecule has 0 bridgehead atoms. The van der Waals surface area contributed by atoms with E-state index in [0.29, 0.717) is 0 Å². The van der Waals surface area contributed by atoms with Gasteiger partial charge in [-0.3, -0.25) is 0 Å². The smallest absolute Gasteiger partial charge is 0.334 e. The van der Waals surface area contributed by atoms with Crippen molar-refractivity contribution in [3.63, 3.8) is 0 Å². The highest BCUT2D eigenvalue weighted by Gasteiger charge is 2.27. The van der Waals surface area contributed by atoms with E-state index in [4.69, 9.17) is 18.3 Å². The molecule has 0 unspecified atom stereocenters. The highest BCUT2D eigenvalue weighted by atomic mass is 33.1. The average molecular weight is 359 g/mol. The zero-order valence-electron chi connectivity index (χ0n) is 13.5. The summed E-state index contributed by atoms with van der Waals surface area (Å²) >= 11 is 0. The van der Waals surface area contributed by atoms with E-state index in [9.17, 15) is 0 Å². The Hall–Kier alpha value is 0.974. The Labute approximate surface area is 135 Å². The van der Waals surface area contributed by atoms with Crippen LogP contribution >= 0.6 is 21.6 Å². The molecular weight excluding hydrogens is 328 g/mol. The fraction of sp³-hybridized carbons (Fsp3) is 1.00. The van der Waals surface area contributed by atoms with E-state index >= 15 is 0 Å². The third-order valence-electron chi connectivity index (χ3n) is 3.25. The van der Waals surface area contributed by atoms with E-state index in [1.54, 1.807) is 28.4 Å². The van der Waals surface area contributed by atoms with E-state index in [-0.39, 0.29) is 15.4 Å². The van der Waals surface area contributed by atoms with Crippen LogP contribution in [0.4, 0.5) is 0 Å². The fourth-order valence-corrected chi connectivity index (χ4v) is 7.25. The van der Waals surface area contributed by atoms with E-state index in [2.05, 4.69) is 6.55 Å². The lowest BCUT2D eigenvalue weighted by molar-refractivity contribution is -0.0441. The zero-order chi connectivity index (χ0) is 15.3. The minimum atomic E-state index is -1.84. The summed E-state index contributed by atoms with van der Waals surface area (Å²) in [6.45, 7) is 2.12. The number of hydrogen-bond donors (Lipinski definition) is 0. The van der Waals surface area contributed by atoms with Gasteiger partial charge in [0.2, 0.25) is 0 Å². The molecule has 0 fully saturated rings. The molecule has 0 aromatic rings. The van der Waals surface area contributed by atoms with Gasteiger partial charge in [-0.2, -0.15) is 0 Å². The number of hydrogen-bond acceptors (Lipinski definition) is 6. The third-order valence-corrected chi connectivity index (χ3v) is 10.9. The van der Waals surface area contributed by atoms with Gasteiger partial charge in [-0.05, 0) is 25.4 Å². The van der Waals surface area contributed by atoms with E-state index in [1.165, 1.54) is 30.4 Å². The first-order valence-corrected chi connectivity index (χ1v) is 13.8. The molecule has 0 aliphatic rings. The third kappa shape index (κ3) is 10.7. The lowest BCUT2D eigenvalue weighted by Gasteiger charge is -2.22. The first kappa shape index (κ1) is 21.0. The minimum absolute atomic E-state index is 0.0957. The Morgan fingerprint density at radius 2 is 1.50 bits per heavy atom. The van der Waals surface area contributed by atoms with Crippen molar-refractivity contribution >= 4 is 39.7 Å². The van der Waals surface area contributed by atoms with Crippen molar-refractivity contribution in [1.82, 2.24) is 0 Å². The summed E-state index contributed by atoms with van der Waals surface area (Å²) < 4.78 is 21.4. The molecule has 8 heteroatoms. The molecule has 0 spiro atoms. The summed E-state index contributed by atoms with van der Waals surface area (Å²) in [6, 6.07) is 2.36. The molecular formula is C12H30O4S2Si2. The monoisotopic (exact) mass is 358 g/mol. The maximum absolute atomic E-state index is 5.47. The zero-order valence-corrected chi connectivity index (χ0v) is 17.5. The number of methoxy groups -OCH3 is 2. The van der Waals surface area contributed by atoms with E-state index in [0.717, 1.165) is 6.04 Å². The van der Waals surface area contributed by atoms with Crippen LogP contribution in [0.3, 0.4) is 0 Å². The predicted molar refractivity (Wildman–Crippen MR) is 95.8 cm³/mol. The summed E-state index contributed by atoms with van der Waals surface area (Å²) in [6.07, 6.45) is 2.45. The molecule has 0 heterocycles. The molecule has 0 aliphatic carbocycles. The van der Waals surface area contributed by atoms with Crippen LogP contribution in [0, 0.1) is 0 Å². The topological polar surface area (TPSA) is 36.9 Å². The molecule has 0 N–H and O–H groups in total. The molecule has 0 saturated heterocycles. The summed E-state index contributed by atoms with van der Waals surface area (Å²) in [5.41, 5.74) is 0. The Bertz CT molecular complexity index is 218. The number of ether oxygens (including phenoxy) is 2. The van der Waals surface area contributed by atoms with Crippen LogP contribution in [-0.4, -0.2) is 63.9 Å². The van der Waals surface area contributed by atoms with Crippen LogP contribution in [0.15, 0.2) is 0 Å². The van der Waals surface area contributed by atoms with E-state index in [1.807, 2.05) is 21.6 Å². The van der Waals surface area contributed by atoms with Crippen LogP contribution in [0.2, 0.25) is 18.6 Å². The second-order valence-corrected chi connectivity index (χ2v) is 12.9. The van der Waals surface area contributed by atoms with Gasteiger partial charge in [-0.25, -0.2) is 0 Å².